The molecule has 1 aromatic heterocycles. The number of aryl methyl sites for hydroxylation is 2. The second kappa shape index (κ2) is 6.06. The van der Waals surface area contributed by atoms with E-state index < -0.39 is 0 Å². The van der Waals surface area contributed by atoms with Crippen LogP contribution in [0.2, 0.25) is 0 Å². The van der Waals surface area contributed by atoms with Crippen LogP contribution in [0, 0.1) is 5.92 Å². The van der Waals surface area contributed by atoms with Crippen molar-refractivity contribution in [2.75, 3.05) is 5.32 Å². The average Bonchev–Trinajstić information content (AvgIpc) is 3.22. The molecule has 1 saturated carbocycles. The summed E-state index contributed by atoms with van der Waals surface area (Å²) in [5.41, 5.74) is 7.69. The molecule has 6 heteroatoms. The van der Waals surface area contributed by atoms with Gasteiger partial charge in [0.25, 0.3) is 0 Å². The zero-order chi connectivity index (χ0) is 13.8. The maximum absolute atomic E-state index is 11.8. The molecule has 0 bridgehead atoms. The molecule has 2 rings (SSSR count). The standard InChI is InChI=1S/C13H21N5O/c1-3-10-11(4-2)17-18-13(15-10)16-12(19)7-9(14)8-5-6-8/h8-9H,3-7,14H2,1-2H3,(H,15,16,18,19). The van der Waals surface area contributed by atoms with Gasteiger partial charge in [0.15, 0.2) is 0 Å². The molecule has 0 saturated heterocycles. The molecule has 1 aromatic rings. The molecule has 1 amide bonds. The summed E-state index contributed by atoms with van der Waals surface area (Å²) in [6.07, 6.45) is 4.17. The summed E-state index contributed by atoms with van der Waals surface area (Å²) in [6.45, 7) is 4.02. The van der Waals surface area contributed by atoms with E-state index in [1.165, 1.54) is 0 Å². The first-order valence-corrected chi connectivity index (χ1v) is 6.91. The van der Waals surface area contributed by atoms with Gasteiger partial charge < -0.3 is 5.73 Å². The molecule has 0 aliphatic heterocycles. The third-order valence-corrected chi connectivity index (χ3v) is 3.41. The van der Waals surface area contributed by atoms with Gasteiger partial charge in [-0.3, -0.25) is 10.1 Å². The molecule has 104 valence electrons. The van der Waals surface area contributed by atoms with Crippen molar-refractivity contribution in [1.29, 1.82) is 0 Å². The Labute approximate surface area is 113 Å². The average molecular weight is 263 g/mol. The van der Waals surface area contributed by atoms with Gasteiger partial charge in [-0.25, -0.2) is 4.98 Å². The maximum atomic E-state index is 11.8. The number of nitrogens with two attached hydrogens (primary N) is 1. The van der Waals surface area contributed by atoms with Gasteiger partial charge in [0.05, 0.1) is 11.4 Å². The molecule has 3 N–H and O–H groups in total. The Balaban J connectivity index is 1.95. The van der Waals surface area contributed by atoms with Gasteiger partial charge in [-0.2, -0.15) is 0 Å². The minimum absolute atomic E-state index is 0.0477. The minimum Gasteiger partial charge on any atom is -0.327 e. The number of hydrogen-bond acceptors (Lipinski definition) is 5. The van der Waals surface area contributed by atoms with Gasteiger partial charge in [0.2, 0.25) is 11.9 Å². The molecule has 1 unspecified atom stereocenters. The summed E-state index contributed by atoms with van der Waals surface area (Å²) < 4.78 is 0. The van der Waals surface area contributed by atoms with Gasteiger partial charge >= 0.3 is 0 Å². The molecule has 1 fully saturated rings. The molecule has 1 heterocycles. The topological polar surface area (TPSA) is 93.8 Å². The lowest BCUT2D eigenvalue weighted by molar-refractivity contribution is -0.116. The summed E-state index contributed by atoms with van der Waals surface area (Å²) in [4.78, 5) is 16.1. The highest BCUT2D eigenvalue weighted by molar-refractivity contribution is 5.89. The van der Waals surface area contributed by atoms with E-state index in [-0.39, 0.29) is 17.9 Å². The van der Waals surface area contributed by atoms with E-state index >= 15 is 0 Å². The first-order chi connectivity index (χ1) is 9.13. The van der Waals surface area contributed by atoms with Crippen LogP contribution in [-0.2, 0) is 17.6 Å². The Morgan fingerprint density at radius 2 is 2.00 bits per heavy atom. The number of amides is 1. The highest BCUT2D eigenvalue weighted by Crippen LogP contribution is 2.32. The predicted molar refractivity (Wildman–Crippen MR) is 72.5 cm³/mol. The van der Waals surface area contributed by atoms with E-state index in [9.17, 15) is 4.79 Å². The number of aromatic nitrogens is 3. The summed E-state index contributed by atoms with van der Waals surface area (Å²) in [5, 5.41) is 10.7. The minimum atomic E-state index is -0.132. The number of carbonyl (C=O) groups excluding carboxylic acids is 1. The van der Waals surface area contributed by atoms with Crippen LogP contribution in [0.15, 0.2) is 0 Å². The van der Waals surface area contributed by atoms with Crippen molar-refractivity contribution in [2.24, 2.45) is 11.7 Å². The van der Waals surface area contributed by atoms with Crippen LogP contribution in [-0.4, -0.2) is 27.1 Å². The van der Waals surface area contributed by atoms with Gasteiger partial charge in [-0.05, 0) is 31.6 Å². The van der Waals surface area contributed by atoms with Crippen LogP contribution in [0.3, 0.4) is 0 Å². The van der Waals surface area contributed by atoms with Crippen LogP contribution >= 0.6 is 0 Å². The zero-order valence-electron chi connectivity index (χ0n) is 11.5. The second-order valence-corrected chi connectivity index (χ2v) is 4.99. The van der Waals surface area contributed by atoms with Crippen LogP contribution in [0.1, 0.15) is 44.5 Å². The van der Waals surface area contributed by atoms with Gasteiger partial charge in [-0.15, -0.1) is 10.2 Å². The van der Waals surface area contributed by atoms with Crippen LogP contribution in [0.25, 0.3) is 0 Å². The number of nitrogens with one attached hydrogen (secondary N) is 1. The normalized spacial score (nSPS) is 16.2. The van der Waals surface area contributed by atoms with Crippen molar-refractivity contribution in [3.8, 4) is 0 Å². The number of anilines is 1. The fourth-order valence-corrected chi connectivity index (χ4v) is 2.07. The molecular formula is C13H21N5O. The van der Waals surface area contributed by atoms with E-state index in [2.05, 4.69) is 20.5 Å². The van der Waals surface area contributed by atoms with Crippen LogP contribution in [0.5, 0.6) is 0 Å². The summed E-state index contributed by atoms with van der Waals surface area (Å²) in [6, 6.07) is -0.0477. The third kappa shape index (κ3) is 3.70. The lowest BCUT2D eigenvalue weighted by Gasteiger charge is -2.10. The fourth-order valence-electron chi connectivity index (χ4n) is 2.07. The maximum Gasteiger partial charge on any atom is 0.249 e. The van der Waals surface area contributed by atoms with Crippen molar-refractivity contribution in [3.05, 3.63) is 11.4 Å². The quantitative estimate of drug-likeness (QED) is 0.800. The van der Waals surface area contributed by atoms with Gasteiger partial charge in [-0.1, -0.05) is 13.8 Å². The van der Waals surface area contributed by atoms with Crippen molar-refractivity contribution < 1.29 is 4.79 Å². The van der Waals surface area contributed by atoms with Crippen molar-refractivity contribution in [2.45, 2.75) is 52.0 Å². The first kappa shape index (κ1) is 13.9. The highest BCUT2D eigenvalue weighted by atomic mass is 16.1. The molecule has 0 aromatic carbocycles. The summed E-state index contributed by atoms with van der Waals surface area (Å²) in [7, 11) is 0. The largest absolute Gasteiger partial charge is 0.327 e. The Kier molecular flexibility index (Phi) is 4.42. The molecule has 1 aliphatic carbocycles. The lowest BCUT2D eigenvalue weighted by atomic mass is 10.1. The van der Waals surface area contributed by atoms with Crippen molar-refractivity contribution in [1.82, 2.24) is 15.2 Å². The van der Waals surface area contributed by atoms with Crippen molar-refractivity contribution >= 4 is 11.9 Å². The third-order valence-electron chi connectivity index (χ3n) is 3.41. The molecule has 19 heavy (non-hydrogen) atoms. The number of hydrogen-bond donors (Lipinski definition) is 2. The van der Waals surface area contributed by atoms with Crippen LogP contribution < -0.4 is 11.1 Å². The Morgan fingerprint density at radius 1 is 1.32 bits per heavy atom. The predicted octanol–water partition coefficient (Wildman–Crippen LogP) is 1.06. The van der Waals surface area contributed by atoms with E-state index in [1.807, 2.05) is 13.8 Å². The molecule has 0 spiro atoms. The second-order valence-electron chi connectivity index (χ2n) is 4.99. The Hall–Kier alpha value is -1.56. The zero-order valence-corrected chi connectivity index (χ0v) is 11.5. The molecular weight excluding hydrogens is 242 g/mol. The van der Waals surface area contributed by atoms with E-state index in [4.69, 9.17) is 5.73 Å². The van der Waals surface area contributed by atoms with Gasteiger partial charge in [0, 0.05) is 12.5 Å². The lowest BCUT2D eigenvalue weighted by Crippen LogP contribution is -2.29. The van der Waals surface area contributed by atoms with Crippen molar-refractivity contribution in [3.63, 3.8) is 0 Å². The molecule has 6 nitrogen and oxygen atoms in total. The molecule has 1 atom stereocenters. The number of rotatable bonds is 6. The van der Waals surface area contributed by atoms with Gasteiger partial charge in [0.1, 0.15) is 0 Å². The highest BCUT2D eigenvalue weighted by Gasteiger charge is 2.29. The van der Waals surface area contributed by atoms with E-state index in [0.717, 1.165) is 37.1 Å². The molecule has 0 radical (unpaired) electrons. The SMILES string of the molecule is CCc1nnc(NC(=O)CC(N)C2CC2)nc1CC. The van der Waals surface area contributed by atoms with Crippen LogP contribution in [0.4, 0.5) is 5.95 Å². The number of nitrogens with zero attached hydrogens (tertiary/aromatic N) is 3. The summed E-state index contributed by atoms with van der Waals surface area (Å²) in [5.74, 6) is 0.660. The summed E-state index contributed by atoms with van der Waals surface area (Å²) >= 11 is 0. The van der Waals surface area contributed by atoms with E-state index in [0.29, 0.717) is 12.3 Å². The number of carbonyl (C=O) groups is 1. The Morgan fingerprint density at radius 3 is 2.58 bits per heavy atom. The molecule has 1 aliphatic rings. The smallest absolute Gasteiger partial charge is 0.249 e. The first-order valence-electron chi connectivity index (χ1n) is 6.91. The van der Waals surface area contributed by atoms with E-state index in [1.54, 1.807) is 0 Å². The monoisotopic (exact) mass is 263 g/mol. The fraction of sp³-hybridized carbons (Fsp3) is 0.692. The Bertz CT molecular complexity index is 458.